The van der Waals surface area contributed by atoms with E-state index >= 15 is 0 Å². The molecular formula is C28H26ClF3LiN4O2-. The van der Waals surface area contributed by atoms with Gasteiger partial charge in [-0.05, 0) is 5.02 Å². The van der Waals surface area contributed by atoms with E-state index in [9.17, 15) is 18.3 Å². The van der Waals surface area contributed by atoms with E-state index < -0.39 is 19.2 Å². The third-order valence-corrected chi connectivity index (χ3v) is 8.28. The van der Waals surface area contributed by atoms with E-state index in [1.165, 1.54) is 11.4 Å². The van der Waals surface area contributed by atoms with E-state index in [2.05, 4.69) is 34.8 Å². The molecule has 2 aromatic carbocycles. The number of aliphatic hydroxyl groups excluding tert-OH is 1. The number of ether oxygens (including phenoxy) is 1. The minimum Gasteiger partial charge on any atom is -0.463 e. The van der Waals surface area contributed by atoms with Crippen LogP contribution < -0.4 is 28.5 Å². The molecular weight excluding hydrogens is 524 g/mol. The van der Waals surface area contributed by atoms with E-state index in [-0.39, 0.29) is 37.0 Å². The predicted molar refractivity (Wildman–Crippen MR) is 137 cm³/mol. The predicted octanol–water partition coefficient (Wildman–Crippen LogP) is 2.04. The van der Waals surface area contributed by atoms with Gasteiger partial charge in [0.2, 0.25) is 5.70 Å². The fraction of sp³-hybridized carbons (Fsp3) is 0.357. The maximum atomic E-state index is 12.4. The summed E-state index contributed by atoms with van der Waals surface area (Å²) in [5.41, 5.74) is 3.78. The molecule has 3 saturated heterocycles. The van der Waals surface area contributed by atoms with Crippen LogP contribution in [0.4, 0.5) is 19.0 Å². The van der Waals surface area contributed by atoms with Crippen LogP contribution in [0.5, 0.6) is 6.01 Å². The largest absolute Gasteiger partial charge is 1.00 e. The number of aromatic nitrogens is 2. The molecule has 0 saturated carbocycles. The molecule has 1 spiro atoms. The number of rotatable bonds is 5. The van der Waals surface area contributed by atoms with E-state index in [0.29, 0.717) is 30.5 Å². The Morgan fingerprint density at radius 1 is 1.21 bits per heavy atom. The molecule has 6 nitrogen and oxygen atoms in total. The van der Waals surface area contributed by atoms with Crippen molar-refractivity contribution in [1.82, 2.24) is 9.97 Å². The number of benzene rings is 2. The fourth-order valence-corrected chi connectivity index (χ4v) is 6.47. The van der Waals surface area contributed by atoms with Crippen molar-refractivity contribution in [3.8, 4) is 6.01 Å². The SMILES string of the molecule is Clc1cccc2ccc[c-]c12.[CH2-]Cc1c([CH2-])nc(OCCC(F)(F)F)nc1N1CC2CC3=C4C(O)C(C1)[N+]342.[Li+]. The molecule has 4 aliphatic heterocycles. The molecule has 0 bridgehead atoms. The Morgan fingerprint density at radius 3 is 2.67 bits per heavy atom. The molecule has 3 fully saturated rings. The average molecular weight is 550 g/mol. The maximum Gasteiger partial charge on any atom is 1.00 e. The summed E-state index contributed by atoms with van der Waals surface area (Å²) in [6.45, 7) is 8.69. The van der Waals surface area contributed by atoms with Crippen molar-refractivity contribution in [2.45, 2.75) is 43.6 Å². The number of alkyl halides is 3. The Labute approximate surface area is 242 Å². The number of quaternary nitrogens is 1. The fourth-order valence-electron chi connectivity index (χ4n) is 6.23. The zero-order valence-electron chi connectivity index (χ0n) is 21.5. The van der Waals surface area contributed by atoms with Gasteiger partial charge in [-0.1, -0.05) is 23.9 Å². The van der Waals surface area contributed by atoms with Crippen LogP contribution in [0.3, 0.4) is 0 Å². The molecule has 1 N–H and O–H groups in total. The maximum absolute atomic E-state index is 12.4. The summed E-state index contributed by atoms with van der Waals surface area (Å²) in [4.78, 5) is 10.6. The molecule has 4 aliphatic rings. The Balaban J connectivity index is 0.000000216. The molecule has 200 valence electrons. The van der Waals surface area contributed by atoms with Crippen LogP contribution in [0, 0.1) is 19.9 Å². The number of piperazine rings is 1. The van der Waals surface area contributed by atoms with Gasteiger partial charge in [-0.3, -0.25) is 0 Å². The first-order valence-electron chi connectivity index (χ1n) is 12.5. The number of hydrogen-bond acceptors (Lipinski definition) is 5. The standard InChI is InChI=1S/C18H20F3N4O2.C10H6Cl.Li/c1-3-11-9(2)22-17(27-5-4-18(19,20)21)23-16(11)24-7-10-6-12-14-15(26)13(8-24)25(10,12)14;11-10-7-3-5-8-4-1-2-6-9(8)10;/h10,13,15,26H,1-8H2;1-5,7H;/q2*-1;+1. The first-order valence-corrected chi connectivity index (χ1v) is 12.8. The molecule has 1 aromatic heterocycles. The van der Waals surface area contributed by atoms with E-state index in [1.54, 1.807) is 0 Å². The summed E-state index contributed by atoms with van der Waals surface area (Å²) in [6, 6.07) is 15.2. The van der Waals surface area contributed by atoms with Crippen molar-refractivity contribution in [2.75, 3.05) is 24.6 Å². The number of anilines is 1. The van der Waals surface area contributed by atoms with Crippen LogP contribution in [0.15, 0.2) is 47.8 Å². The van der Waals surface area contributed by atoms with Crippen molar-refractivity contribution in [3.05, 3.63) is 84.0 Å². The van der Waals surface area contributed by atoms with E-state index in [4.69, 9.17) is 16.3 Å². The van der Waals surface area contributed by atoms with Crippen LogP contribution in [-0.4, -0.2) is 63.6 Å². The molecule has 5 heterocycles. The minimum atomic E-state index is -4.29. The first-order chi connectivity index (χ1) is 18.1. The van der Waals surface area contributed by atoms with Crippen LogP contribution >= 0.6 is 11.6 Å². The molecule has 7 rings (SSSR count). The summed E-state index contributed by atoms with van der Waals surface area (Å²) in [5.74, 6) is 0.612. The van der Waals surface area contributed by atoms with Crippen LogP contribution in [0.2, 0.25) is 5.02 Å². The van der Waals surface area contributed by atoms with Crippen molar-refractivity contribution in [3.63, 3.8) is 0 Å². The van der Waals surface area contributed by atoms with Crippen LogP contribution in [0.1, 0.15) is 24.1 Å². The van der Waals surface area contributed by atoms with Gasteiger partial charge in [0.05, 0.1) is 31.7 Å². The van der Waals surface area contributed by atoms with Gasteiger partial charge in [0.25, 0.3) is 0 Å². The summed E-state index contributed by atoms with van der Waals surface area (Å²) >= 11 is 5.93. The second-order valence-electron chi connectivity index (χ2n) is 9.98. The number of aliphatic hydroxyl groups is 1. The van der Waals surface area contributed by atoms with Gasteiger partial charge in [-0.15, -0.1) is 46.6 Å². The molecule has 4 unspecified atom stereocenters. The Bertz CT molecular complexity index is 1450. The summed E-state index contributed by atoms with van der Waals surface area (Å²) in [7, 11) is 0. The quantitative estimate of drug-likeness (QED) is 0.300. The van der Waals surface area contributed by atoms with Gasteiger partial charge in [0.1, 0.15) is 12.6 Å². The van der Waals surface area contributed by atoms with Gasteiger partial charge in [-0.25, -0.2) is 22.8 Å². The zero-order valence-corrected chi connectivity index (χ0v) is 22.3. The topological polar surface area (TPSA) is 58.5 Å². The Hall–Kier alpha value is -2.41. The Morgan fingerprint density at radius 2 is 1.97 bits per heavy atom. The van der Waals surface area contributed by atoms with Crippen molar-refractivity contribution < 1.29 is 46.4 Å². The van der Waals surface area contributed by atoms with E-state index in [0.717, 1.165) is 38.8 Å². The third kappa shape index (κ3) is 4.58. The molecule has 3 aromatic rings. The summed E-state index contributed by atoms with van der Waals surface area (Å²) in [5, 5.41) is 13.3. The number of halogens is 4. The summed E-state index contributed by atoms with van der Waals surface area (Å²) < 4.78 is 43.1. The van der Waals surface area contributed by atoms with Gasteiger partial charge in [0.15, 0.2) is 17.8 Å². The zero-order chi connectivity index (χ0) is 26.8. The molecule has 0 aliphatic carbocycles. The third-order valence-electron chi connectivity index (χ3n) is 7.96. The van der Waals surface area contributed by atoms with Crippen molar-refractivity contribution >= 4 is 28.2 Å². The number of nitrogens with zero attached hydrogens (tertiary/aromatic N) is 4. The molecule has 4 atom stereocenters. The Kier molecular flexibility index (Phi) is 7.36. The second kappa shape index (κ2) is 10.2. The van der Waals surface area contributed by atoms with E-state index in [1.807, 2.05) is 36.4 Å². The monoisotopic (exact) mass is 549 g/mol. The van der Waals surface area contributed by atoms with Crippen molar-refractivity contribution in [1.29, 1.82) is 0 Å². The first kappa shape index (κ1) is 28.1. The average Bonchev–Trinajstić information content (AvgIpc) is 3.29. The normalized spacial score (nSPS) is 25.8. The van der Waals surface area contributed by atoms with Crippen molar-refractivity contribution in [2.24, 2.45) is 0 Å². The van der Waals surface area contributed by atoms with Gasteiger partial charge < -0.3 is 21.7 Å². The molecule has 0 radical (unpaired) electrons. The molecule has 0 amide bonds. The number of hydrogen-bond donors (Lipinski definition) is 1. The number of fused-ring (bicyclic) bond motifs is 1. The second-order valence-corrected chi connectivity index (χ2v) is 10.4. The molecule has 39 heavy (non-hydrogen) atoms. The van der Waals surface area contributed by atoms with Gasteiger partial charge in [-0.2, -0.15) is 23.7 Å². The van der Waals surface area contributed by atoms with Gasteiger partial charge in [0, 0.05) is 0 Å². The van der Waals surface area contributed by atoms with Crippen LogP contribution in [0.25, 0.3) is 10.8 Å². The van der Waals surface area contributed by atoms with Crippen LogP contribution in [-0.2, 0) is 6.42 Å². The minimum absolute atomic E-state index is 0. The van der Waals surface area contributed by atoms with Gasteiger partial charge >= 0.3 is 31.0 Å². The smallest absolute Gasteiger partial charge is 0.463 e. The summed E-state index contributed by atoms with van der Waals surface area (Å²) in [6.07, 6.45) is -4.33. The molecule has 11 heteroatoms.